The standard InChI is InChI=1S/C13H16ClFO/c1-16-9-6-7-11(13(15)8-9)10-4-2-3-5-12(10)14/h6-8,10,12H,2-5H2,1H3. The van der Waals surface area contributed by atoms with Gasteiger partial charge in [-0.05, 0) is 24.5 Å². The first-order chi connectivity index (χ1) is 7.72. The molecular formula is C13H16ClFO. The number of ether oxygens (including phenoxy) is 1. The molecule has 0 aromatic heterocycles. The van der Waals surface area contributed by atoms with Crippen LogP contribution in [-0.4, -0.2) is 12.5 Å². The highest BCUT2D eigenvalue weighted by Gasteiger charge is 2.26. The Bertz CT molecular complexity index is 367. The molecule has 1 fully saturated rings. The molecule has 1 aliphatic rings. The lowest BCUT2D eigenvalue weighted by molar-refractivity contribution is 0.405. The van der Waals surface area contributed by atoms with Gasteiger partial charge in [-0.25, -0.2) is 4.39 Å². The highest BCUT2D eigenvalue weighted by atomic mass is 35.5. The van der Waals surface area contributed by atoms with Crippen LogP contribution in [0.15, 0.2) is 18.2 Å². The van der Waals surface area contributed by atoms with Crippen LogP contribution in [0.25, 0.3) is 0 Å². The van der Waals surface area contributed by atoms with Crippen LogP contribution in [0.5, 0.6) is 5.75 Å². The third-order valence-corrected chi connectivity index (χ3v) is 3.81. The van der Waals surface area contributed by atoms with Crippen LogP contribution >= 0.6 is 11.6 Å². The van der Waals surface area contributed by atoms with Crippen molar-refractivity contribution in [1.29, 1.82) is 0 Å². The number of hydrogen-bond acceptors (Lipinski definition) is 1. The van der Waals surface area contributed by atoms with Crippen molar-refractivity contribution in [2.24, 2.45) is 0 Å². The van der Waals surface area contributed by atoms with Crippen LogP contribution in [0.1, 0.15) is 37.2 Å². The van der Waals surface area contributed by atoms with Gasteiger partial charge in [0, 0.05) is 17.4 Å². The van der Waals surface area contributed by atoms with Gasteiger partial charge in [0.2, 0.25) is 0 Å². The number of halogens is 2. The first-order valence-electron chi connectivity index (χ1n) is 5.70. The Morgan fingerprint density at radius 1 is 1.31 bits per heavy atom. The smallest absolute Gasteiger partial charge is 0.130 e. The molecule has 0 N–H and O–H groups in total. The van der Waals surface area contributed by atoms with E-state index in [9.17, 15) is 4.39 Å². The molecule has 1 aliphatic carbocycles. The van der Waals surface area contributed by atoms with Crippen molar-refractivity contribution in [2.75, 3.05) is 7.11 Å². The van der Waals surface area contributed by atoms with E-state index in [1.807, 2.05) is 0 Å². The molecule has 1 aromatic rings. The van der Waals surface area contributed by atoms with Crippen molar-refractivity contribution >= 4 is 11.6 Å². The third-order valence-electron chi connectivity index (χ3n) is 3.29. The summed E-state index contributed by atoms with van der Waals surface area (Å²) < 4.78 is 18.8. The summed E-state index contributed by atoms with van der Waals surface area (Å²) in [4.78, 5) is 0. The topological polar surface area (TPSA) is 9.23 Å². The molecule has 1 aromatic carbocycles. The van der Waals surface area contributed by atoms with Crippen LogP contribution in [0.3, 0.4) is 0 Å². The highest BCUT2D eigenvalue weighted by Crippen LogP contribution is 2.38. The van der Waals surface area contributed by atoms with Gasteiger partial charge in [0.1, 0.15) is 11.6 Å². The Hall–Kier alpha value is -0.760. The molecule has 0 aliphatic heterocycles. The molecule has 2 rings (SSSR count). The van der Waals surface area contributed by atoms with Gasteiger partial charge in [-0.15, -0.1) is 11.6 Å². The molecule has 1 saturated carbocycles. The van der Waals surface area contributed by atoms with Gasteiger partial charge >= 0.3 is 0 Å². The Labute approximate surface area is 101 Å². The Kier molecular flexibility index (Phi) is 3.70. The molecule has 1 nitrogen and oxygen atoms in total. The van der Waals surface area contributed by atoms with Gasteiger partial charge in [0.05, 0.1) is 7.11 Å². The second kappa shape index (κ2) is 5.05. The predicted octanol–water partition coefficient (Wildman–Crippen LogP) is 4.10. The van der Waals surface area contributed by atoms with Crippen LogP contribution < -0.4 is 4.74 Å². The summed E-state index contributed by atoms with van der Waals surface area (Å²) in [6.45, 7) is 0. The zero-order valence-corrected chi connectivity index (χ0v) is 10.1. The maximum absolute atomic E-state index is 13.9. The first kappa shape index (κ1) is 11.7. The van der Waals surface area contributed by atoms with Gasteiger partial charge in [-0.1, -0.05) is 18.9 Å². The number of rotatable bonds is 2. The molecule has 0 heterocycles. The lowest BCUT2D eigenvalue weighted by Crippen LogP contribution is -2.18. The normalized spacial score (nSPS) is 25.4. The molecule has 2 unspecified atom stereocenters. The number of hydrogen-bond donors (Lipinski definition) is 0. The van der Waals surface area contributed by atoms with E-state index in [2.05, 4.69) is 0 Å². The average Bonchev–Trinajstić information content (AvgIpc) is 2.30. The second-order valence-corrected chi connectivity index (χ2v) is 4.85. The molecule has 0 saturated heterocycles. The maximum Gasteiger partial charge on any atom is 0.130 e. The van der Waals surface area contributed by atoms with Crippen molar-refractivity contribution in [2.45, 2.75) is 37.0 Å². The molecule has 2 atom stereocenters. The summed E-state index contributed by atoms with van der Waals surface area (Å²) >= 11 is 6.26. The predicted molar refractivity (Wildman–Crippen MR) is 63.8 cm³/mol. The van der Waals surface area contributed by atoms with Gasteiger partial charge in [0.25, 0.3) is 0 Å². The van der Waals surface area contributed by atoms with E-state index in [0.717, 1.165) is 31.2 Å². The van der Waals surface area contributed by atoms with Gasteiger partial charge in [0.15, 0.2) is 0 Å². The molecule has 0 spiro atoms. The summed E-state index contributed by atoms with van der Waals surface area (Å²) in [5.74, 6) is 0.515. The summed E-state index contributed by atoms with van der Waals surface area (Å²) in [6, 6.07) is 5.05. The fraction of sp³-hybridized carbons (Fsp3) is 0.538. The maximum atomic E-state index is 13.9. The molecule has 0 radical (unpaired) electrons. The quantitative estimate of drug-likeness (QED) is 0.710. The Morgan fingerprint density at radius 2 is 2.06 bits per heavy atom. The zero-order chi connectivity index (χ0) is 11.5. The fourth-order valence-electron chi connectivity index (χ4n) is 2.37. The number of methoxy groups -OCH3 is 1. The van der Waals surface area contributed by atoms with Crippen LogP contribution in [-0.2, 0) is 0 Å². The number of alkyl halides is 1. The van der Waals surface area contributed by atoms with E-state index >= 15 is 0 Å². The minimum absolute atomic E-state index is 0.0663. The SMILES string of the molecule is COc1ccc(C2CCCCC2Cl)c(F)c1. The largest absolute Gasteiger partial charge is 0.497 e. The van der Waals surface area contributed by atoms with Gasteiger partial charge in [-0.3, -0.25) is 0 Å². The molecule has 16 heavy (non-hydrogen) atoms. The van der Waals surface area contributed by atoms with E-state index in [-0.39, 0.29) is 17.1 Å². The van der Waals surface area contributed by atoms with E-state index in [4.69, 9.17) is 16.3 Å². The average molecular weight is 243 g/mol. The lowest BCUT2D eigenvalue weighted by atomic mass is 9.83. The zero-order valence-electron chi connectivity index (χ0n) is 9.38. The molecule has 88 valence electrons. The van der Waals surface area contributed by atoms with Crippen LogP contribution in [0.4, 0.5) is 4.39 Å². The summed E-state index contributed by atoms with van der Waals surface area (Å²) in [5.41, 5.74) is 0.737. The molecule has 0 bridgehead atoms. The monoisotopic (exact) mass is 242 g/mol. The number of benzene rings is 1. The summed E-state index contributed by atoms with van der Waals surface area (Å²) in [7, 11) is 1.54. The summed E-state index contributed by atoms with van der Waals surface area (Å²) in [6.07, 6.45) is 4.26. The molecular weight excluding hydrogens is 227 g/mol. The Balaban J connectivity index is 2.25. The molecule has 3 heteroatoms. The van der Waals surface area contributed by atoms with Crippen molar-refractivity contribution in [1.82, 2.24) is 0 Å². The summed E-state index contributed by atoms with van der Waals surface area (Å²) in [5, 5.41) is 0.0663. The third kappa shape index (κ3) is 2.32. The lowest BCUT2D eigenvalue weighted by Gasteiger charge is -2.27. The van der Waals surface area contributed by atoms with Crippen LogP contribution in [0.2, 0.25) is 0 Å². The molecule has 0 amide bonds. The fourth-order valence-corrected chi connectivity index (χ4v) is 2.79. The van der Waals surface area contributed by atoms with E-state index < -0.39 is 0 Å². The van der Waals surface area contributed by atoms with Crippen molar-refractivity contribution in [3.05, 3.63) is 29.6 Å². The highest BCUT2D eigenvalue weighted by molar-refractivity contribution is 6.21. The van der Waals surface area contributed by atoms with E-state index in [1.54, 1.807) is 19.2 Å². The van der Waals surface area contributed by atoms with Crippen molar-refractivity contribution in [3.63, 3.8) is 0 Å². The van der Waals surface area contributed by atoms with E-state index in [1.165, 1.54) is 6.07 Å². The van der Waals surface area contributed by atoms with Crippen LogP contribution in [0, 0.1) is 5.82 Å². The van der Waals surface area contributed by atoms with Crippen molar-refractivity contribution < 1.29 is 9.13 Å². The van der Waals surface area contributed by atoms with E-state index in [0.29, 0.717) is 5.75 Å². The Morgan fingerprint density at radius 3 is 2.69 bits per heavy atom. The van der Waals surface area contributed by atoms with Crippen molar-refractivity contribution in [3.8, 4) is 5.75 Å². The minimum Gasteiger partial charge on any atom is -0.497 e. The first-order valence-corrected chi connectivity index (χ1v) is 6.13. The van der Waals surface area contributed by atoms with Gasteiger partial charge in [-0.2, -0.15) is 0 Å². The minimum atomic E-state index is -0.197. The van der Waals surface area contributed by atoms with Gasteiger partial charge < -0.3 is 4.74 Å². The second-order valence-electron chi connectivity index (χ2n) is 4.29.